The SMILES string of the molecule is O[C@H]1C[C@@H](c2ccc3c(c2)OCO3)c2ccccc21. The number of hydrogen-bond acceptors (Lipinski definition) is 3. The molecule has 1 heterocycles. The third kappa shape index (κ3) is 1.62. The number of benzene rings is 2. The highest BCUT2D eigenvalue weighted by molar-refractivity contribution is 5.50. The van der Waals surface area contributed by atoms with Crippen molar-refractivity contribution < 1.29 is 14.6 Å². The van der Waals surface area contributed by atoms with Gasteiger partial charge in [-0.1, -0.05) is 30.3 Å². The molecule has 0 saturated heterocycles. The van der Waals surface area contributed by atoms with Crippen molar-refractivity contribution in [2.24, 2.45) is 0 Å². The van der Waals surface area contributed by atoms with Crippen LogP contribution < -0.4 is 9.47 Å². The molecule has 1 aliphatic carbocycles. The summed E-state index contributed by atoms with van der Waals surface area (Å²) < 4.78 is 10.8. The van der Waals surface area contributed by atoms with E-state index in [2.05, 4.69) is 12.1 Å². The van der Waals surface area contributed by atoms with E-state index in [1.165, 1.54) is 11.1 Å². The summed E-state index contributed by atoms with van der Waals surface area (Å²) in [6.07, 6.45) is 0.366. The lowest BCUT2D eigenvalue weighted by atomic mass is 9.93. The number of fused-ring (bicyclic) bond motifs is 2. The van der Waals surface area contributed by atoms with Gasteiger partial charge in [0.25, 0.3) is 0 Å². The summed E-state index contributed by atoms with van der Waals surface area (Å²) >= 11 is 0. The Morgan fingerprint density at radius 1 is 0.947 bits per heavy atom. The highest BCUT2D eigenvalue weighted by Gasteiger charge is 2.31. The minimum absolute atomic E-state index is 0.237. The summed E-state index contributed by atoms with van der Waals surface area (Å²) in [4.78, 5) is 0. The molecule has 0 radical (unpaired) electrons. The first kappa shape index (κ1) is 10.9. The van der Waals surface area contributed by atoms with Crippen LogP contribution in [-0.4, -0.2) is 11.9 Å². The molecule has 0 spiro atoms. The molecule has 0 saturated carbocycles. The van der Waals surface area contributed by atoms with Crippen LogP contribution in [0.4, 0.5) is 0 Å². The van der Waals surface area contributed by atoms with Gasteiger partial charge in [-0.25, -0.2) is 0 Å². The van der Waals surface area contributed by atoms with Crippen LogP contribution in [0.15, 0.2) is 42.5 Å². The summed E-state index contributed by atoms with van der Waals surface area (Å²) in [5.41, 5.74) is 3.44. The molecule has 1 N–H and O–H groups in total. The van der Waals surface area contributed by atoms with Gasteiger partial charge in [0.05, 0.1) is 6.10 Å². The van der Waals surface area contributed by atoms with Crippen LogP contribution in [0.1, 0.15) is 35.1 Å². The van der Waals surface area contributed by atoms with Crippen LogP contribution in [0, 0.1) is 0 Å². The molecule has 0 fully saturated rings. The standard InChI is InChI=1S/C16H14O3/c17-14-8-13(11-3-1-2-4-12(11)14)10-5-6-15-16(7-10)19-9-18-15/h1-7,13-14,17H,8-9H2/t13-,14-/m0/s1. The monoisotopic (exact) mass is 254 g/mol. The molecule has 2 aromatic carbocycles. The number of aliphatic hydroxyl groups is 1. The van der Waals surface area contributed by atoms with Crippen molar-refractivity contribution in [1.82, 2.24) is 0 Å². The van der Waals surface area contributed by atoms with Crippen molar-refractivity contribution in [3.63, 3.8) is 0 Å². The second kappa shape index (κ2) is 4.00. The molecular weight excluding hydrogens is 240 g/mol. The van der Waals surface area contributed by atoms with Crippen LogP contribution >= 0.6 is 0 Å². The lowest BCUT2D eigenvalue weighted by Gasteiger charge is -2.12. The maximum atomic E-state index is 10.2. The molecule has 4 rings (SSSR count). The van der Waals surface area contributed by atoms with Crippen LogP contribution in [-0.2, 0) is 0 Å². The first-order valence-corrected chi connectivity index (χ1v) is 6.49. The third-order valence-corrected chi connectivity index (χ3v) is 3.99. The molecule has 1 aliphatic heterocycles. The number of ether oxygens (including phenoxy) is 2. The van der Waals surface area contributed by atoms with Gasteiger partial charge in [0, 0.05) is 5.92 Å². The van der Waals surface area contributed by atoms with Crippen molar-refractivity contribution in [2.75, 3.05) is 6.79 Å². The average Bonchev–Trinajstić information content (AvgIpc) is 3.03. The largest absolute Gasteiger partial charge is 0.454 e. The Labute approximate surface area is 111 Å². The fourth-order valence-corrected chi connectivity index (χ4v) is 3.05. The number of rotatable bonds is 1. The normalized spacial score (nSPS) is 23.4. The molecule has 3 nitrogen and oxygen atoms in total. The molecule has 2 aromatic rings. The van der Waals surface area contributed by atoms with E-state index in [0.29, 0.717) is 6.79 Å². The van der Waals surface area contributed by atoms with Crippen molar-refractivity contribution in [2.45, 2.75) is 18.4 Å². The summed E-state index contributed by atoms with van der Waals surface area (Å²) in [5.74, 6) is 1.84. The van der Waals surface area contributed by atoms with Gasteiger partial charge >= 0.3 is 0 Å². The Hall–Kier alpha value is -2.00. The summed E-state index contributed by atoms with van der Waals surface area (Å²) in [5, 5.41) is 10.2. The predicted molar refractivity (Wildman–Crippen MR) is 70.4 cm³/mol. The van der Waals surface area contributed by atoms with Crippen molar-refractivity contribution >= 4 is 0 Å². The maximum Gasteiger partial charge on any atom is 0.231 e. The molecule has 96 valence electrons. The van der Waals surface area contributed by atoms with Gasteiger partial charge in [0.1, 0.15) is 0 Å². The van der Waals surface area contributed by atoms with Crippen molar-refractivity contribution in [1.29, 1.82) is 0 Å². The fraction of sp³-hybridized carbons (Fsp3) is 0.250. The lowest BCUT2D eigenvalue weighted by Crippen LogP contribution is -1.96. The predicted octanol–water partition coefficient (Wildman–Crippen LogP) is 2.98. The van der Waals surface area contributed by atoms with Crippen LogP contribution in [0.25, 0.3) is 0 Å². The molecule has 3 heteroatoms. The Morgan fingerprint density at radius 2 is 1.74 bits per heavy atom. The molecule has 2 atom stereocenters. The van der Waals surface area contributed by atoms with Gasteiger partial charge in [-0.05, 0) is 35.2 Å². The van der Waals surface area contributed by atoms with Crippen LogP contribution in [0.5, 0.6) is 11.5 Å². The topological polar surface area (TPSA) is 38.7 Å². The van der Waals surface area contributed by atoms with E-state index in [-0.39, 0.29) is 12.0 Å². The zero-order valence-corrected chi connectivity index (χ0v) is 10.4. The first-order chi connectivity index (χ1) is 9.33. The van der Waals surface area contributed by atoms with E-state index in [9.17, 15) is 5.11 Å². The third-order valence-electron chi connectivity index (χ3n) is 3.99. The quantitative estimate of drug-likeness (QED) is 0.850. The van der Waals surface area contributed by atoms with Gasteiger partial charge in [-0.3, -0.25) is 0 Å². The Bertz CT molecular complexity index is 636. The molecule has 0 amide bonds. The van der Waals surface area contributed by atoms with Gasteiger partial charge in [0.2, 0.25) is 6.79 Å². The van der Waals surface area contributed by atoms with Crippen LogP contribution in [0.2, 0.25) is 0 Å². The minimum Gasteiger partial charge on any atom is -0.454 e. The van der Waals surface area contributed by atoms with E-state index in [4.69, 9.17) is 9.47 Å². The molecule has 0 aromatic heterocycles. The number of aliphatic hydroxyl groups excluding tert-OH is 1. The van der Waals surface area contributed by atoms with E-state index in [1.807, 2.05) is 30.3 Å². The fourth-order valence-electron chi connectivity index (χ4n) is 3.05. The smallest absolute Gasteiger partial charge is 0.231 e. The minimum atomic E-state index is -0.369. The van der Waals surface area contributed by atoms with Gasteiger partial charge < -0.3 is 14.6 Å². The first-order valence-electron chi connectivity index (χ1n) is 6.49. The van der Waals surface area contributed by atoms with E-state index in [0.717, 1.165) is 23.5 Å². The summed E-state index contributed by atoms with van der Waals surface area (Å²) in [7, 11) is 0. The molecule has 0 bridgehead atoms. The Morgan fingerprint density at radius 3 is 2.63 bits per heavy atom. The zero-order valence-electron chi connectivity index (χ0n) is 10.4. The molecule has 19 heavy (non-hydrogen) atoms. The molecule has 2 aliphatic rings. The maximum absolute atomic E-state index is 10.2. The van der Waals surface area contributed by atoms with E-state index in [1.54, 1.807) is 0 Å². The number of hydrogen-bond donors (Lipinski definition) is 1. The van der Waals surface area contributed by atoms with Crippen molar-refractivity contribution in [3.8, 4) is 11.5 Å². The lowest BCUT2D eigenvalue weighted by molar-refractivity contribution is 0.173. The highest BCUT2D eigenvalue weighted by Crippen LogP contribution is 2.45. The molecule has 0 unspecified atom stereocenters. The van der Waals surface area contributed by atoms with Crippen LogP contribution in [0.3, 0.4) is 0 Å². The van der Waals surface area contributed by atoms with Gasteiger partial charge in [-0.15, -0.1) is 0 Å². The van der Waals surface area contributed by atoms with Crippen molar-refractivity contribution in [3.05, 3.63) is 59.2 Å². The zero-order chi connectivity index (χ0) is 12.8. The second-order valence-electron chi connectivity index (χ2n) is 5.05. The van der Waals surface area contributed by atoms with Gasteiger partial charge in [0.15, 0.2) is 11.5 Å². The van der Waals surface area contributed by atoms with E-state index < -0.39 is 0 Å². The highest BCUT2D eigenvalue weighted by atomic mass is 16.7. The average molecular weight is 254 g/mol. The Kier molecular flexibility index (Phi) is 2.29. The molecular formula is C16H14O3. The Balaban J connectivity index is 1.78. The van der Waals surface area contributed by atoms with Gasteiger partial charge in [-0.2, -0.15) is 0 Å². The summed E-state index contributed by atoms with van der Waals surface area (Å²) in [6.45, 7) is 0.294. The summed E-state index contributed by atoms with van der Waals surface area (Å²) in [6, 6.07) is 14.1. The van der Waals surface area contributed by atoms with E-state index >= 15 is 0 Å². The second-order valence-corrected chi connectivity index (χ2v) is 5.05.